The van der Waals surface area contributed by atoms with Gasteiger partial charge >= 0.3 is 0 Å². The number of allylic oxidation sites excluding steroid dienone is 1. The van der Waals surface area contributed by atoms with Crippen LogP contribution in [-0.4, -0.2) is 17.8 Å². The van der Waals surface area contributed by atoms with Crippen LogP contribution in [0.4, 0.5) is 17.1 Å². The van der Waals surface area contributed by atoms with Gasteiger partial charge in [-0.2, -0.15) is 0 Å². The second kappa shape index (κ2) is 8.43. The number of benzene rings is 3. The van der Waals surface area contributed by atoms with Crippen LogP contribution in [-0.2, 0) is 4.79 Å². The molecule has 2 aliphatic rings. The molecule has 2 atom stereocenters. The van der Waals surface area contributed by atoms with Gasteiger partial charge in [-0.05, 0) is 59.9 Å². The lowest BCUT2D eigenvalue weighted by molar-refractivity contribution is -0.384. The Bertz CT molecular complexity index is 1250. The SMILES string of the molecule is COc1ccc([C@@H]2CC(=O)C3=C(C2)Nc2ccccc2N[C@H]3c2ccc([N+](=O)[O-])cc2)cc1. The normalized spacial score (nSPS) is 19.5. The van der Waals surface area contributed by atoms with E-state index in [4.69, 9.17) is 4.74 Å². The van der Waals surface area contributed by atoms with E-state index in [1.165, 1.54) is 12.1 Å². The van der Waals surface area contributed by atoms with Gasteiger partial charge in [0.25, 0.3) is 5.69 Å². The van der Waals surface area contributed by atoms with Gasteiger partial charge in [-0.3, -0.25) is 14.9 Å². The molecule has 0 aromatic heterocycles. The van der Waals surface area contributed by atoms with E-state index in [0.29, 0.717) is 18.4 Å². The van der Waals surface area contributed by atoms with Crippen LogP contribution in [0.3, 0.4) is 0 Å². The number of ketones is 1. The number of nitro groups is 1. The molecule has 3 aromatic carbocycles. The monoisotopic (exact) mass is 441 g/mol. The average molecular weight is 441 g/mol. The van der Waals surface area contributed by atoms with Gasteiger partial charge in [-0.1, -0.05) is 24.3 Å². The summed E-state index contributed by atoms with van der Waals surface area (Å²) in [5.41, 5.74) is 5.27. The van der Waals surface area contributed by atoms with Crippen LogP contribution in [0.5, 0.6) is 5.75 Å². The van der Waals surface area contributed by atoms with Crippen LogP contribution < -0.4 is 15.4 Å². The second-order valence-corrected chi connectivity index (χ2v) is 8.29. The Labute approximate surface area is 191 Å². The number of nitrogens with zero attached hydrogens (tertiary/aromatic N) is 1. The number of hydrogen-bond donors (Lipinski definition) is 2. The van der Waals surface area contributed by atoms with Crippen molar-refractivity contribution in [2.24, 2.45) is 0 Å². The quantitative estimate of drug-likeness (QED) is 0.405. The maximum absolute atomic E-state index is 13.5. The van der Waals surface area contributed by atoms with E-state index in [1.807, 2.05) is 48.5 Å². The lowest BCUT2D eigenvalue weighted by atomic mass is 9.78. The summed E-state index contributed by atoms with van der Waals surface area (Å²) in [4.78, 5) is 24.2. The molecular formula is C26H23N3O4. The third-order valence-electron chi connectivity index (χ3n) is 6.33. The molecule has 7 nitrogen and oxygen atoms in total. The van der Waals surface area contributed by atoms with Crippen molar-refractivity contribution in [1.82, 2.24) is 0 Å². The highest BCUT2D eigenvalue weighted by atomic mass is 16.6. The molecule has 0 spiro atoms. The van der Waals surface area contributed by atoms with Gasteiger partial charge in [0.1, 0.15) is 5.75 Å². The largest absolute Gasteiger partial charge is 0.497 e. The highest BCUT2D eigenvalue weighted by Gasteiger charge is 2.36. The van der Waals surface area contributed by atoms with E-state index in [0.717, 1.165) is 33.9 Å². The number of non-ortho nitro benzene ring substituents is 1. The number of fused-ring (bicyclic) bond motifs is 1. The Kier molecular flexibility index (Phi) is 5.30. The lowest BCUT2D eigenvalue weighted by Gasteiger charge is -2.30. The zero-order valence-corrected chi connectivity index (χ0v) is 18.1. The molecule has 0 fully saturated rings. The molecule has 1 aliphatic carbocycles. The van der Waals surface area contributed by atoms with E-state index in [2.05, 4.69) is 10.6 Å². The van der Waals surface area contributed by atoms with Crippen molar-refractivity contribution in [1.29, 1.82) is 0 Å². The Morgan fingerprint density at radius 2 is 1.58 bits per heavy atom. The van der Waals surface area contributed by atoms with Crippen molar-refractivity contribution >= 4 is 22.8 Å². The fourth-order valence-electron chi connectivity index (χ4n) is 4.64. The first-order chi connectivity index (χ1) is 16.0. The molecule has 0 unspecified atom stereocenters. The van der Waals surface area contributed by atoms with Gasteiger partial charge in [0.05, 0.1) is 29.4 Å². The number of para-hydroxylation sites is 2. The highest BCUT2D eigenvalue weighted by Crippen LogP contribution is 2.44. The molecule has 33 heavy (non-hydrogen) atoms. The molecule has 0 amide bonds. The first-order valence-corrected chi connectivity index (χ1v) is 10.8. The molecule has 0 bridgehead atoms. The minimum absolute atomic E-state index is 0.0228. The van der Waals surface area contributed by atoms with Crippen molar-refractivity contribution in [3.63, 3.8) is 0 Å². The predicted octanol–water partition coefficient (Wildman–Crippen LogP) is 5.58. The maximum Gasteiger partial charge on any atom is 0.269 e. The summed E-state index contributed by atoms with van der Waals surface area (Å²) in [7, 11) is 1.63. The minimum Gasteiger partial charge on any atom is -0.497 e. The number of methoxy groups -OCH3 is 1. The summed E-state index contributed by atoms with van der Waals surface area (Å²) >= 11 is 0. The van der Waals surface area contributed by atoms with Gasteiger partial charge in [0.2, 0.25) is 0 Å². The molecule has 1 heterocycles. The van der Waals surface area contributed by atoms with Crippen LogP contribution in [0.2, 0.25) is 0 Å². The summed E-state index contributed by atoms with van der Waals surface area (Å²) in [5, 5.41) is 18.1. The first-order valence-electron chi connectivity index (χ1n) is 10.8. The molecule has 0 saturated heterocycles. The number of nitrogens with one attached hydrogen (secondary N) is 2. The number of Topliss-reactive ketones (excluding diaryl/α,β-unsaturated/α-hetero) is 1. The van der Waals surface area contributed by atoms with Gasteiger partial charge in [0.15, 0.2) is 5.78 Å². The van der Waals surface area contributed by atoms with Crippen LogP contribution in [0.15, 0.2) is 84.1 Å². The molecule has 5 rings (SSSR count). The molecule has 1 aliphatic heterocycles. The zero-order valence-electron chi connectivity index (χ0n) is 18.1. The van der Waals surface area contributed by atoms with Crippen molar-refractivity contribution in [2.45, 2.75) is 24.8 Å². The number of carbonyl (C=O) groups excluding carboxylic acids is 1. The Morgan fingerprint density at radius 1 is 0.909 bits per heavy atom. The number of ether oxygens (including phenoxy) is 1. The van der Waals surface area contributed by atoms with Gasteiger partial charge in [-0.15, -0.1) is 0 Å². The molecule has 0 saturated carbocycles. The summed E-state index contributed by atoms with van der Waals surface area (Å²) in [6.45, 7) is 0. The molecule has 166 valence electrons. The van der Waals surface area contributed by atoms with Crippen LogP contribution in [0, 0.1) is 10.1 Å². The molecule has 7 heteroatoms. The lowest BCUT2D eigenvalue weighted by Crippen LogP contribution is -2.26. The number of rotatable bonds is 4. The van der Waals surface area contributed by atoms with Gasteiger partial charge in [-0.25, -0.2) is 0 Å². The van der Waals surface area contributed by atoms with Crippen molar-refractivity contribution in [3.05, 3.63) is 105 Å². The summed E-state index contributed by atoms with van der Waals surface area (Å²) in [6.07, 6.45) is 1.08. The van der Waals surface area contributed by atoms with Crippen molar-refractivity contribution in [2.75, 3.05) is 17.7 Å². The first kappa shape index (κ1) is 20.8. The highest BCUT2D eigenvalue weighted by molar-refractivity contribution is 6.01. The van der Waals surface area contributed by atoms with Crippen molar-refractivity contribution in [3.8, 4) is 5.75 Å². The Balaban J connectivity index is 1.56. The molecule has 2 N–H and O–H groups in total. The fraction of sp³-hybridized carbons (Fsp3) is 0.192. The third kappa shape index (κ3) is 3.93. The molecule has 0 radical (unpaired) electrons. The number of hydrogen-bond acceptors (Lipinski definition) is 6. The van der Waals surface area contributed by atoms with E-state index >= 15 is 0 Å². The van der Waals surface area contributed by atoms with Gasteiger partial charge in [0, 0.05) is 29.8 Å². The number of anilines is 2. The molecular weight excluding hydrogens is 418 g/mol. The number of carbonyl (C=O) groups is 1. The van der Waals surface area contributed by atoms with Crippen LogP contribution in [0.1, 0.15) is 35.9 Å². The summed E-state index contributed by atoms with van der Waals surface area (Å²) in [5.74, 6) is 0.899. The Hall–Kier alpha value is -4.13. The summed E-state index contributed by atoms with van der Waals surface area (Å²) < 4.78 is 5.27. The van der Waals surface area contributed by atoms with Crippen LogP contribution in [0.25, 0.3) is 0 Å². The topological polar surface area (TPSA) is 93.5 Å². The second-order valence-electron chi connectivity index (χ2n) is 8.29. The Morgan fingerprint density at radius 3 is 2.24 bits per heavy atom. The minimum atomic E-state index is -0.420. The van der Waals surface area contributed by atoms with E-state index < -0.39 is 11.0 Å². The average Bonchev–Trinajstić information content (AvgIpc) is 3.01. The predicted molar refractivity (Wildman–Crippen MR) is 127 cm³/mol. The smallest absolute Gasteiger partial charge is 0.269 e. The number of nitro benzene ring substituents is 1. The van der Waals surface area contributed by atoms with E-state index in [9.17, 15) is 14.9 Å². The van der Waals surface area contributed by atoms with Crippen molar-refractivity contribution < 1.29 is 14.5 Å². The van der Waals surface area contributed by atoms with Crippen LogP contribution >= 0.6 is 0 Å². The zero-order chi connectivity index (χ0) is 22.9. The standard InChI is InChI=1S/C26H23N3O4/c1-33-20-12-8-16(9-13-20)18-14-23-25(24(30)15-18)26(17-6-10-19(11-7-17)29(31)32)28-22-5-3-2-4-21(22)27-23/h2-13,18,26-28H,14-15H2,1H3/t18-,26-/m0/s1. The fourth-order valence-corrected chi connectivity index (χ4v) is 4.64. The van der Waals surface area contributed by atoms with Gasteiger partial charge < -0.3 is 15.4 Å². The van der Waals surface area contributed by atoms with E-state index in [-0.39, 0.29) is 17.4 Å². The summed E-state index contributed by atoms with van der Waals surface area (Å²) in [6, 6.07) is 21.7. The molecule has 3 aromatic rings. The third-order valence-corrected chi connectivity index (χ3v) is 6.33. The maximum atomic E-state index is 13.5. The van der Waals surface area contributed by atoms with E-state index in [1.54, 1.807) is 19.2 Å².